The highest BCUT2D eigenvalue weighted by Crippen LogP contribution is 2.28. The van der Waals surface area contributed by atoms with Crippen molar-refractivity contribution in [2.24, 2.45) is 0 Å². The molecule has 3 heterocycles. The number of halogens is 1. The highest BCUT2D eigenvalue weighted by atomic mass is 35.5. The number of benzene rings is 1. The molecule has 4 aromatic rings. The van der Waals surface area contributed by atoms with Gasteiger partial charge in [0.15, 0.2) is 4.34 Å². The molecule has 0 spiro atoms. The number of fused-ring (bicyclic) bond motifs is 1. The first-order valence-corrected chi connectivity index (χ1v) is 10.7. The van der Waals surface area contributed by atoms with Gasteiger partial charge in [0.05, 0.1) is 5.69 Å². The number of carbonyl (C=O) groups excluding carboxylic acids is 1. The number of hydrogen-bond acceptors (Lipinski definition) is 7. The van der Waals surface area contributed by atoms with Gasteiger partial charge >= 0.3 is 0 Å². The summed E-state index contributed by atoms with van der Waals surface area (Å²) in [6, 6.07) is 11.8. The molecule has 29 heavy (non-hydrogen) atoms. The van der Waals surface area contributed by atoms with Gasteiger partial charge in [-0.1, -0.05) is 34.7 Å². The predicted octanol–water partition coefficient (Wildman–Crippen LogP) is 4.05. The molecule has 1 N–H and O–H groups in total. The Morgan fingerprint density at radius 1 is 1.21 bits per heavy atom. The van der Waals surface area contributed by atoms with Crippen molar-refractivity contribution >= 4 is 51.4 Å². The molecule has 3 aromatic heterocycles. The van der Waals surface area contributed by atoms with E-state index in [4.69, 9.17) is 11.6 Å². The maximum atomic E-state index is 12.2. The van der Waals surface area contributed by atoms with E-state index in [0.29, 0.717) is 37.2 Å². The molecule has 0 atom stereocenters. The second-order valence-corrected chi connectivity index (χ2v) is 8.78. The number of amides is 1. The smallest absolute Gasteiger partial charge is 0.258 e. The van der Waals surface area contributed by atoms with Gasteiger partial charge in [0.2, 0.25) is 5.13 Å². The molecule has 0 aliphatic carbocycles. The summed E-state index contributed by atoms with van der Waals surface area (Å²) in [5.74, 6) is 0.188. The molecule has 0 aliphatic heterocycles. The van der Waals surface area contributed by atoms with Crippen LogP contribution in [0.15, 0.2) is 57.8 Å². The van der Waals surface area contributed by atoms with Crippen molar-refractivity contribution in [3.63, 3.8) is 0 Å². The van der Waals surface area contributed by atoms with Crippen LogP contribution in [0.3, 0.4) is 0 Å². The highest BCUT2D eigenvalue weighted by molar-refractivity contribution is 8.00. The number of anilines is 1. The van der Waals surface area contributed by atoms with Gasteiger partial charge in [-0.2, -0.15) is 0 Å². The summed E-state index contributed by atoms with van der Waals surface area (Å²) in [4.78, 5) is 29.0. The molecule has 1 aromatic carbocycles. The second-order valence-electron chi connectivity index (χ2n) is 6.14. The molecule has 0 radical (unpaired) electrons. The normalized spacial score (nSPS) is 11.0. The van der Waals surface area contributed by atoms with Crippen LogP contribution in [0.4, 0.5) is 5.13 Å². The first-order chi connectivity index (χ1) is 14.0. The monoisotopic (exact) mass is 443 g/mol. The third kappa shape index (κ3) is 4.64. The van der Waals surface area contributed by atoms with Crippen LogP contribution in [0.5, 0.6) is 0 Å². The SMILES string of the molecule is Cc1ccn2c(=O)cc(CSc3nnc(NC(=O)c4ccc(Cl)cc4)s3)nc2c1. The van der Waals surface area contributed by atoms with E-state index >= 15 is 0 Å². The van der Waals surface area contributed by atoms with E-state index in [9.17, 15) is 9.59 Å². The van der Waals surface area contributed by atoms with Crippen molar-refractivity contribution in [1.29, 1.82) is 0 Å². The largest absolute Gasteiger partial charge is 0.296 e. The summed E-state index contributed by atoms with van der Waals surface area (Å²) in [6.45, 7) is 1.95. The molecule has 10 heteroatoms. The van der Waals surface area contributed by atoms with Crippen LogP contribution >= 0.6 is 34.7 Å². The number of aromatic nitrogens is 4. The molecule has 146 valence electrons. The molecule has 0 aliphatic rings. The number of nitrogens with zero attached hydrogens (tertiary/aromatic N) is 4. The topological polar surface area (TPSA) is 89.3 Å². The minimum atomic E-state index is -0.283. The van der Waals surface area contributed by atoms with E-state index in [-0.39, 0.29) is 11.5 Å². The molecule has 4 rings (SSSR count). The Bertz CT molecular complexity index is 1250. The van der Waals surface area contributed by atoms with Crippen LogP contribution in [-0.4, -0.2) is 25.5 Å². The Labute approximate surface area is 178 Å². The van der Waals surface area contributed by atoms with E-state index in [1.54, 1.807) is 30.5 Å². The fourth-order valence-corrected chi connectivity index (χ4v) is 4.32. The lowest BCUT2D eigenvalue weighted by molar-refractivity contribution is 0.102. The molecule has 0 saturated heterocycles. The van der Waals surface area contributed by atoms with Crippen molar-refractivity contribution in [3.8, 4) is 0 Å². The second kappa shape index (κ2) is 8.32. The van der Waals surface area contributed by atoms with Crippen LogP contribution in [0.25, 0.3) is 5.65 Å². The van der Waals surface area contributed by atoms with Gasteiger partial charge in [0.1, 0.15) is 5.65 Å². The third-order valence-corrected chi connectivity index (χ3v) is 6.21. The zero-order valence-electron chi connectivity index (χ0n) is 15.1. The Morgan fingerprint density at radius 2 is 2.00 bits per heavy atom. The Hall–Kier alpha value is -2.75. The van der Waals surface area contributed by atoms with Gasteiger partial charge in [-0.15, -0.1) is 10.2 Å². The number of hydrogen-bond donors (Lipinski definition) is 1. The average Bonchev–Trinajstić information content (AvgIpc) is 3.14. The van der Waals surface area contributed by atoms with Gasteiger partial charge in [-0.05, 0) is 48.9 Å². The van der Waals surface area contributed by atoms with Gasteiger partial charge in [0.25, 0.3) is 11.5 Å². The zero-order chi connectivity index (χ0) is 20.4. The Kier molecular flexibility index (Phi) is 5.61. The molecule has 0 saturated carbocycles. The summed E-state index contributed by atoms with van der Waals surface area (Å²) >= 11 is 8.50. The number of nitrogens with one attached hydrogen (secondary N) is 1. The van der Waals surface area contributed by atoms with Gasteiger partial charge in [0, 0.05) is 28.6 Å². The van der Waals surface area contributed by atoms with Crippen LogP contribution in [0, 0.1) is 6.92 Å². The van der Waals surface area contributed by atoms with Crippen molar-refractivity contribution in [3.05, 3.63) is 80.9 Å². The minimum Gasteiger partial charge on any atom is -0.296 e. The predicted molar refractivity (Wildman–Crippen MR) is 115 cm³/mol. The lowest BCUT2D eigenvalue weighted by Gasteiger charge is -2.04. The summed E-state index contributed by atoms with van der Waals surface area (Å²) in [7, 11) is 0. The molecule has 0 bridgehead atoms. The number of pyridine rings is 1. The van der Waals surface area contributed by atoms with E-state index in [0.717, 1.165) is 5.56 Å². The third-order valence-electron chi connectivity index (χ3n) is 3.95. The molecular weight excluding hydrogens is 430 g/mol. The minimum absolute atomic E-state index is 0.126. The van der Waals surface area contributed by atoms with Crippen molar-refractivity contribution < 1.29 is 4.79 Å². The Balaban J connectivity index is 1.43. The number of carbonyl (C=O) groups is 1. The maximum absolute atomic E-state index is 12.2. The number of thioether (sulfide) groups is 1. The van der Waals surface area contributed by atoms with E-state index < -0.39 is 0 Å². The lowest BCUT2D eigenvalue weighted by Crippen LogP contribution is -2.15. The molecule has 1 amide bonds. The van der Waals surface area contributed by atoms with Crippen molar-refractivity contribution in [1.82, 2.24) is 19.6 Å². The fourth-order valence-electron chi connectivity index (χ4n) is 2.55. The summed E-state index contributed by atoms with van der Waals surface area (Å²) in [6.07, 6.45) is 1.72. The van der Waals surface area contributed by atoms with E-state index in [2.05, 4.69) is 20.5 Å². The first kappa shape index (κ1) is 19.6. The maximum Gasteiger partial charge on any atom is 0.258 e. The van der Waals surface area contributed by atoms with E-state index in [1.807, 2.05) is 19.1 Å². The first-order valence-electron chi connectivity index (χ1n) is 8.50. The lowest BCUT2D eigenvalue weighted by atomic mass is 10.2. The van der Waals surface area contributed by atoms with Crippen LogP contribution in [0.2, 0.25) is 5.02 Å². The van der Waals surface area contributed by atoms with Gasteiger partial charge in [-0.25, -0.2) is 4.98 Å². The van der Waals surface area contributed by atoms with Crippen LogP contribution < -0.4 is 10.9 Å². The molecule has 7 nitrogen and oxygen atoms in total. The Morgan fingerprint density at radius 3 is 2.79 bits per heavy atom. The van der Waals surface area contributed by atoms with Crippen molar-refractivity contribution in [2.45, 2.75) is 17.0 Å². The fraction of sp³-hybridized carbons (Fsp3) is 0.105. The summed E-state index contributed by atoms with van der Waals surface area (Å²) in [5, 5.41) is 11.7. The molecular formula is C19H14ClN5O2S2. The zero-order valence-corrected chi connectivity index (χ0v) is 17.5. The standard InChI is InChI=1S/C19H14ClN5O2S2/c1-11-6-7-25-15(8-11)21-14(9-16(25)26)10-28-19-24-23-18(29-19)22-17(27)12-2-4-13(20)5-3-12/h2-9H,10H2,1H3,(H,22,23,27). The number of rotatable bonds is 5. The van der Waals surface area contributed by atoms with Gasteiger partial charge in [-0.3, -0.25) is 19.3 Å². The van der Waals surface area contributed by atoms with Crippen molar-refractivity contribution in [2.75, 3.05) is 5.32 Å². The van der Waals surface area contributed by atoms with Gasteiger partial charge < -0.3 is 0 Å². The van der Waals surface area contributed by atoms with Crippen LogP contribution in [-0.2, 0) is 5.75 Å². The summed E-state index contributed by atoms with van der Waals surface area (Å²) < 4.78 is 2.18. The van der Waals surface area contributed by atoms with Crippen LogP contribution in [0.1, 0.15) is 21.6 Å². The van der Waals surface area contributed by atoms with E-state index in [1.165, 1.54) is 33.6 Å². The molecule has 0 unspecified atom stereocenters. The molecule has 0 fully saturated rings. The quantitative estimate of drug-likeness (QED) is 0.369. The highest BCUT2D eigenvalue weighted by Gasteiger charge is 2.11. The average molecular weight is 444 g/mol. The summed E-state index contributed by atoms with van der Waals surface area (Å²) in [5.41, 5.74) is 2.66. The number of aryl methyl sites for hydroxylation is 1.